The molecule has 1 heterocycles. The Balaban J connectivity index is 1.80. The maximum absolute atomic E-state index is 10.2. The van der Waals surface area contributed by atoms with Gasteiger partial charge in [0.2, 0.25) is 0 Å². The van der Waals surface area contributed by atoms with Crippen molar-refractivity contribution in [2.75, 3.05) is 19.8 Å². The van der Waals surface area contributed by atoms with Gasteiger partial charge in [0.15, 0.2) is 6.29 Å². The molecule has 1 saturated heterocycles. The van der Waals surface area contributed by atoms with Crippen molar-refractivity contribution in [3.63, 3.8) is 0 Å². The number of hydrogen-bond acceptors (Lipinski definition) is 7. The van der Waals surface area contributed by atoms with E-state index in [-0.39, 0.29) is 30.5 Å². The second-order valence-corrected chi connectivity index (χ2v) is 9.34. The molecule has 3 aliphatic rings. The summed E-state index contributed by atoms with van der Waals surface area (Å²) in [6.45, 7) is 8.64. The maximum Gasteiger partial charge on any atom is 0.187 e. The molecule has 0 aromatic carbocycles. The van der Waals surface area contributed by atoms with Crippen LogP contribution in [-0.2, 0) is 9.47 Å². The molecular formula is C21H36O7. The third-order valence-electron chi connectivity index (χ3n) is 7.76. The summed E-state index contributed by atoms with van der Waals surface area (Å²) in [5.41, 5.74) is 2.33. The maximum atomic E-state index is 10.2. The van der Waals surface area contributed by atoms with Crippen molar-refractivity contribution in [2.45, 2.75) is 71.2 Å². The Morgan fingerprint density at radius 1 is 1.11 bits per heavy atom. The highest BCUT2D eigenvalue weighted by Gasteiger charge is 2.55. The molecule has 0 aromatic heterocycles. The van der Waals surface area contributed by atoms with E-state index in [0.717, 1.165) is 18.4 Å². The highest BCUT2D eigenvalue weighted by atomic mass is 16.7. The molecule has 1 aliphatic heterocycles. The fourth-order valence-corrected chi connectivity index (χ4v) is 5.75. The Morgan fingerprint density at radius 3 is 2.36 bits per heavy atom. The van der Waals surface area contributed by atoms with Crippen LogP contribution in [0.4, 0.5) is 0 Å². The van der Waals surface area contributed by atoms with Gasteiger partial charge in [-0.25, -0.2) is 0 Å². The molecule has 162 valence electrons. The monoisotopic (exact) mass is 400 g/mol. The number of allylic oxidation sites excluding steroid dienone is 1. The second-order valence-electron chi connectivity index (χ2n) is 9.34. The van der Waals surface area contributed by atoms with Crippen LogP contribution < -0.4 is 0 Å². The molecule has 0 spiro atoms. The van der Waals surface area contributed by atoms with Gasteiger partial charge in [-0.15, -0.1) is 0 Å². The van der Waals surface area contributed by atoms with E-state index in [1.54, 1.807) is 0 Å². The lowest BCUT2D eigenvalue weighted by molar-refractivity contribution is -0.299. The van der Waals surface area contributed by atoms with Crippen molar-refractivity contribution in [3.05, 3.63) is 11.1 Å². The SMILES string of the molecule is CC1=C(CO[C@@H]2O[C@H](CO)[C@@H](O)[C@H](O)[C@H]2O)[C@H]2[C@@H](C(C)C)CC[C@]1(C)[C@H]2CO. The van der Waals surface area contributed by atoms with Gasteiger partial charge < -0.3 is 35.0 Å². The van der Waals surface area contributed by atoms with E-state index in [9.17, 15) is 25.5 Å². The molecule has 0 amide bonds. The molecule has 0 radical (unpaired) electrons. The van der Waals surface area contributed by atoms with Gasteiger partial charge in [0.05, 0.1) is 13.2 Å². The Morgan fingerprint density at radius 2 is 1.79 bits per heavy atom. The summed E-state index contributed by atoms with van der Waals surface area (Å²) in [6.07, 6.45) is -4.20. The smallest absolute Gasteiger partial charge is 0.187 e. The Kier molecular flexibility index (Phi) is 6.57. The van der Waals surface area contributed by atoms with E-state index in [0.29, 0.717) is 11.8 Å². The van der Waals surface area contributed by atoms with Crippen molar-refractivity contribution >= 4 is 0 Å². The van der Waals surface area contributed by atoms with E-state index in [2.05, 4.69) is 27.7 Å². The number of ether oxygens (including phenoxy) is 2. The van der Waals surface area contributed by atoms with E-state index < -0.39 is 37.3 Å². The molecular weight excluding hydrogens is 364 g/mol. The van der Waals surface area contributed by atoms with Gasteiger partial charge in [0.25, 0.3) is 0 Å². The van der Waals surface area contributed by atoms with E-state index in [4.69, 9.17) is 9.47 Å². The number of fused-ring (bicyclic) bond motifs is 2. The molecule has 7 nitrogen and oxygen atoms in total. The normalized spacial score (nSPS) is 46.5. The average Bonchev–Trinajstić information content (AvgIpc) is 2.79. The van der Waals surface area contributed by atoms with Crippen molar-refractivity contribution in [1.82, 2.24) is 0 Å². The summed E-state index contributed by atoms with van der Waals surface area (Å²) in [7, 11) is 0. The average molecular weight is 401 g/mol. The largest absolute Gasteiger partial charge is 0.396 e. The van der Waals surface area contributed by atoms with Crippen LogP contribution >= 0.6 is 0 Å². The third kappa shape index (κ3) is 3.45. The van der Waals surface area contributed by atoms with E-state index >= 15 is 0 Å². The zero-order valence-corrected chi connectivity index (χ0v) is 17.3. The summed E-state index contributed by atoms with van der Waals surface area (Å²) in [5.74, 6) is 1.31. The summed E-state index contributed by atoms with van der Waals surface area (Å²) >= 11 is 0. The molecule has 0 aromatic rings. The van der Waals surface area contributed by atoms with Gasteiger partial charge in [-0.05, 0) is 54.4 Å². The zero-order valence-electron chi connectivity index (χ0n) is 17.3. The first-order valence-electron chi connectivity index (χ1n) is 10.4. The quantitative estimate of drug-likeness (QED) is 0.410. The standard InChI is InChI=1S/C21H36O7/c1-10(2)12-5-6-21(4)11(3)13(16(12)14(21)7-22)9-27-20-19(26)18(25)17(24)15(8-23)28-20/h10,12,14-20,22-26H,5-9H2,1-4H3/t12-,14+,15-,16-,17-,18+,19-,20-,21+/m1/s1. The molecule has 1 saturated carbocycles. The molecule has 0 unspecified atom stereocenters. The highest BCUT2D eigenvalue weighted by Crippen LogP contribution is 2.61. The predicted octanol–water partition coefficient (Wildman–Crippen LogP) is 0.430. The van der Waals surface area contributed by atoms with Gasteiger partial charge in [0.1, 0.15) is 24.4 Å². The fraction of sp³-hybridized carbons (Fsp3) is 0.905. The lowest BCUT2D eigenvalue weighted by Crippen LogP contribution is -2.59. The molecule has 7 heteroatoms. The summed E-state index contributed by atoms with van der Waals surface area (Å²) < 4.78 is 11.4. The third-order valence-corrected chi connectivity index (χ3v) is 7.76. The first-order chi connectivity index (χ1) is 13.2. The Bertz CT molecular complexity index is 589. The van der Waals surface area contributed by atoms with Crippen molar-refractivity contribution < 1.29 is 35.0 Å². The summed E-state index contributed by atoms with van der Waals surface area (Å²) in [4.78, 5) is 0. The fourth-order valence-electron chi connectivity index (χ4n) is 5.75. The number of aliphatic hydroxyl groups excluding tert-OH is 5. The van der Waals surface area contributed by atoms with Crippen molar-refractivity contribution in [3.8, 4) is 0 Å². The molecule has 2 fully saturated rings. The first-order valence-corrected chi connectivity index (χ1v) is 10.4. The molecule has 9 atom stereocenters. The Labute approximate surface area is 167 Å². The van der Waals surface area contributed by atoms with Crippen molar-refractivity contribution in [2.24, 2.45) is 29.1 Å². The van der Waals surface area contributed by atoms with Gasteiger partial charge in [-0.2, -0.15) is 0 Å². The van der Waals surface area contributed by atoms with Gasteiger partial charge >= 0.3 is 0 Å². The lowest BCUT2D eigenvalue weighted by atomic mass is 9.60. The van der Waals surface area contributed by atoms with Crippen molar-refractivity contribution in [1.29, 1.82) is 0 Å². The molecule has 2 bridgehead atoms. The lowest BCUT2D eigenvalue weighted by Gasteiger charge is -2.45. The van der Waals surface area contributed by atoms with Gasteiger partial charge in [-0.3, -0.25) is 0 Å². The Hall–Kier alpha value is -0.540. The van der Waals surface area contributed by atoms with Crippen LogP contribution in [0.2, 0.25) is 0 Å². The molecule has 3 rings (SSSR count). The van der Waals surface area contributed by atoms with E-state index in [1.165, 1.54) is 5.57 Å². The van der Waals surface area contributed by atoms with Crippen LogP contribution in [0, 0.1) is 29.1 Å². The summed E-state index contributed by atoms with van der Waals surface area (Å²) in [6, 6.07) is 0. The number of hydrogen-bond donors (Lipinski definition) is 5. The number of aliphatic hydroxyl groups is 5. The minimum Gasteiger partial charge on any atom is -0.396 e. The summed E-state index contributed by atoms with van der Waals surface area (Å²) in [5, 5.41) is 49.6. The topological polar surface area (TPSA) is 120 Å². The minimum atomic E-state index is -1.44. The molecule has 5 N–H and O–H groups in total. The van der Waals surface area contributed by atoms with Crippen LogP contribution in [0.5, 0.6) is 0 Å². The van der Waals surface area contributed by atoms with E-state index in [1.807, 2.05) is 0 Å². The van der Waals surface area contributed by atoms with Gasteiger partial charge in [-0.1, -0.05) is 26.3 Å². The number of rotatable bonds is 6. The second kappa shape index (κ2) is 8.30. The van der Waals surface area contributed by atoms with Crippen LogP contribution in [-0.4, -0.2) is 76.1 Å². The van der Waals surface area contributed by atoms with Gasteiger partial charge in [0, 0.05) is 6.61 Å². The molecule has 2 aliphatic carbocycles. The highest BCUT2D eigenvalue weighted by molar-refractivity contribution is 5.34. The minimum absolute atomic E-state index is 0.0567. The van der Waals surface area contributed by atoms with Crippen LogP contribution in [0.25, 0.3) is 0 Å². The van der Waals surface area contributed by atoms with Crippen LogP contribution in [0.3, 0.4) is 0 Å². The van der Waals surface area contributed by atoms with Crippen LogP contribution in [0.1, 0.15) is 40.5 Å². The molecule has 28 heavy (non-hydrogen) atoms. The first kappa shape index (κ1) is 22.2. The van der Waals surface area contributed by atoms with Crippen LogP contribution in [0.15, 0.2) is 11.1 Å². The predicted molar refractivity (Wildman–Crippen MR) is 102 cm³/mol. The zero-order chi connectivity index (χ0) is 20.8.